The predicted molar refractivity (Wildman–Crippen MR) is 315 cm³/mol. The van der Waals surface area contributed by atoms with Crippen molar-refractivity contribution in [2.75, 3.05) is 0 Å². The first kappa shape index (κ1) is 64.3. The zero-order valence-corrected chi connectivity index (χ0v) is 48.2. The van der Waals surface area contributed by atoms with E-state index < -0.39 is 157 Å². The molecule has 0 aliphatic heterocycles. The van der Waals surface area contributed by atoms with Crippen LogP contribution >= 0.6 is 7.26 Å². The zero-order valence-electron chi connectivity index (χ0n) is 47.3. The van der Waals surface area contributed by atoms with E-state index in [0.29, 0.717) is 0 Å². The lowest BCUT2D eigenvalue weighted by Gasteiger charge is -2.53. The molecule has 3 atom stereocenters. The molecule has 3 aliphatic carbocycles. The van der Waals surface area contributed by atoms with Crippen molar-refractivity contribution in [3.05, 3.63) is 348 Å². The van der Waals surface area contributed by atoms with Crippen LogP contribution in [0.5, 0.6) is 0 Å². The van der Waals surface area contributed by atoms with Gasteiger partial charge < -0.3 is 0 Å². The molecule has 0 saturated heterocycles. The van der Waals surface area contributed by atoms with Crippen molar-refractivity contribution in [2.24, 2.45) is 0 Å². The molecule has 0 bridgehead atoms. The highest BCUT2D eigenvalue weighted by Crippen LogP contribution is 2.97. The summed E-state index contributed by atoms with van der Waals surface area (Å²) < 4.78 is 294. The van der Waals surface area contributed by atoms with E-state index in [4.69, 9.17) is 0 Å². The smallest absolute Gasteiger partial charge is 0.215 e. The van der Waals surface area contributed by atoms with Crippen LogP contribution in [0.2, 0.25) is 0 Å². The number of allylic oxidation sites excluding steroid dienone is 3. The highest BCUT2D eigenvalue weighted by atomic mass is 31.2. The number of carbonyl (C=O) groups excluding carboxylic acids is 1. The molecule has 0 fully saturated rings. The summed E-state index contributed by atoms with van der Waals surface area (Å²) in [7, 11) is -2.85. The van der Waals surface area contributed by atoms with Gasteiger partial charge >= 0.3 is 0 Å². The fourth-order valence-electron chi connectivity index (χ4n) is 14.0. The van der Waals surface area contributed by atoms with Crippen LogP contribution in [-0.4, -0.2) is 11.9 Å². The molecule has 10 aromatic rings. The third kappa shape index (κ3) is 9.16. The molecule has 0 radical (unpaired) electrons. The molecule has 94 heavy (non-hydrogen) atoms. The van der Waals surface area contributed by atoms with Crippen LogP contribution in [0.15, 0.2) is 182 Å². The Labute approximate surface area is 520 Å². The van der Waals surface area contributed by atoms with E-state index in [2.05, 4.69) is 170 Å². The summed E-state index contributed by atoms with van der Waals surface area (Å²) >= 11 is 0. The highest BCUT2D eigenvalue weighted by molar-refractivity contribution is 7.79. The van der Waals surface area contributed by atoms with Gasteiger partial charge in [-0.2, -0.15) is 0 Å². The topological polar surface area (TPSA) is 17.1 Å². The van der Waals surface area contributed by atoms with Gasteiger partial charge in [-0.25, -0.2) is 87.8 Å². The lowest BCUT2D eigenvalue weighted by atomic mass is 9.12. The van der Waals surface area contributed by atoms with Gasteiger partial charge in [0.15, 0.2) is 75.0 Å². The second-order valence-corrected chi connectivity index (χ2v) is 26.1. The maximum absolute atomic E-state index is 16.5. The molecule has 474 valence electrons. The minimum atomic E-state index is -7.22. The van der Waals surface area contributed by atoms with Crippen molar-refractivity contribution >= 4 is 59.3 Å². The first-order valence-electron chi connectivity index (χ1n) is 28.1. The van der Waals surface area contributed by atoms with Gasteiger partial charge in [0, 0.05) is 33.4 Å². The Morgan fingerprint density at radius 1 is 0.277 bits per heavy atom. The van der Waals surface area contributed by atoms with Crippen molar-refractivity contribution in [3.8, 4) is 0 Å². The second kappa shape index (κ2) is 24.3. The number of Topliss-reactive ketones (excluding diaryl/α,β-unsaturated/α-hetero) is 1. The van der Waals surface area contributed by atoms with Gasteiger partial charge in [0.2, 0.25) is 5.78 Å². The number of rotatable bonds is 12. The molecule has 0 N–H and O–H groups in total. The fraction of sp³-hybridized carbons (Fsp3) is 0.0563. The molecule has 3 aliphatic rings. The average Bonchev–Trinajstić information content (AvgIpc) is 1.21. The second-order valence-electron chi connectivity index (χ2n) is 22.1. The minimum Gasteiger partial charge on any atom is -0.289 e. The molecular weight excluding hydrogens is 1290 g/mol. The average molecular weight is 1330 g/mol. The van der Waals surface area contributed by atoms with Crippen LogP contribution in [0, 0.1) is 116 Å². The first-order chi connectivity index (χ1) is 44.9. The normalized spacial score (nSPS) is 16.0. The number of hydrogen-bond acceptors (Lipinski definition) is 1. The number of ketones is 1. The van der Waals surface area contributed by atoms with Crippen molar-refractivity contribution in [1.29, 1.82) is 0 Å². The molecule has 0 spiro atoms. The van der Waals surface area contributed by atoms with Crippen LogP contribution in [-0.2, 0) is 5.16 Å². The van der Waals surface area contributed by atoms with Crippen LogP contribution in [0.1, 0.15) is 71.8 Å². The molecule has 13 rings (SSSR count). The van der Waals surface area contributed by atoms with E-state index in [-0.39, 0.29) is 22.8 Å². The standard InChI is InChI=1S/C47H36OP.C24BF20/c48-46(37-19-4-1-5-20-37)47(38-21-6-2-7-22-38,39-23-8-3-9-24-39)49(43-31-28-34-16-10-13-25-40(34)43,44-32-29-35-17-11-14-26-41(35)44)45-33-30-36-18-12-15-27-42(36)45;26-5-1(6(27)14(35)21(42)13(5)34)25(2-7(28)15(36)22(43)16(37)8(2)29,3-9(30)17(38)23(44)18(39)10(3)31)4-11(32)19(40)24(45)20(41)12(4)33/h1-33,43-45H;/q+1;-1. The van der Waals surface area contributed by atoms with E-state index in [1.54, 1.807) is 0 Å². The largest absolute Gasteiger partial charge is 0.289 e. The van der Waals surface area contributed by atoms with Crippen molar-refractivity contribution < 1.29 is 92.6 Å². The van der Waals surface area contributed by atoms with E-state index in [1.165, 1.54) is 33.4 Å². The molecule has 0 heterocycles. The molecular formula is C71H36BF20OP. The molecule has 0 aromatic heterocycles. The summed E-state index contributed by atoms with van der Waals surface area (Å²) in [6.45, 7) is 0. The summed E-state index contributed by atoms with van der Waals surface area (Å²) in [5.41, 5.74) is -3.89. The van der Waals surface area contributed by atoms with E-state index in [0.717, 1.165) is 16.7 Å². The number of benzene rings is 10. The predicted octanol–water partition coefficient (Wildman–Crippen LogP) is 18.0. The molecule has 0 saturated carbocycles. The van der Waals surface area contributed by atoms with Crippen molar-refractivity contribution in [3.63, 3.8) is 0 Å². The Morgan fingerprint density at radius 2 is 0.489 bits per heavy atom. The molecule has 0 amide bonds. The summed E-state index contributed by atoms with van der Waals surface area (Å²) in [4.78, 5) is 16.5. The number of hydrogen-bond donors (Lipinski definition) is 0. The number of halogens is 20. The van der Waals surface area contributed by atoms with Crippen molar-refractivity contribution in [1.82, 2.24) is 0 Å². The van der Waals surface area contributed by atoms with E-state index in [9.17, 15) is 52.7 Å². The van der Waals surface area contributed by atoms with Gasteiger partial charge in [0.25, 0.3) is 0 Å². The Kier molecular flexibility index (Phi) is 16.6. The summed E-state index contributed by atoms with van der Waals surface area (Å²) in [5.74, 6) is -71.2. The fourth-order valence-corrected chi connectivity index (χ4v) is 21.2. The lowest BCUT2D eigenvalue weighted by Crippen LogP contribution is -2.81. The van der Waals surface area contributed by atoms with Crippen molar-refractivity contribution in [2.45, 2.75) is 22.1 Å². The Balaban J connectivity index is 0.000000181. The molecule has 1 nitrogen and oxygen atoms in total. The quantitative estimate of drug-likeness (QED) is 0.0298. The summed E-state index contributed by atoms with van der Waals surface area (Å²) in [6.07, 6.45) is 7.11. The number of fused-ring (bicyclic) bond motifs is 3. The SMILES string of the molecule is Fc1c(F)c(F)c([B-](c2c(F)c(F)c(F)c(F)c2F)(c2c(F)c(F)c(F)c(F)c2F)c2c(F)c(F)c(F)c(F)c2F)c(F)c1F.O=C(c1ccccc1)C(c1ccccc1)(c1ccccc1)[P+](C1C=Cc2ccccc21)(C1C=Cc2ccccc21)C1C=Cc2ccccc21. The first-order valence-corrected chi connectivity index (χ1v) is 30.1. The monoisotopic (exact) mass is 1330 g/mol. The molecule has 23 heteroatoms. The van der Waals surface area contributed by atoms with E-state index >= 15 is 39.9 Å². The lowest BCUT2D eigenvalue weighted by molar-refractivity contribution is 0.0953. The number of carbonyl (C=O) groups is 1. The van der Waals surface area contributed by atoms with Gasteiger partial charge in [0.05, 0.1) is 7.26 Å². The van der Waals surface area contributed by atoms with Gasteiger partial charge in [-0.05, 0) is 34.9 Å². The molecule has 10 aromatic carbocycles. The molecule has 3 unspecified atom stereocenters. The highest BCUT2D eigenvalue weighted by Gasteiger charge is 2.75. The summed E-state index contributed by atoms with van der Waals surface area (Å²) in [6, 6.07) is 58.2. The third-order valence-electron chi connectivity index (χ3n) is 17.7. The van der Waals surface area contributed by atoms with Gasteiger partial charge in [0.1, 0.15) is 69.7 Å². The Morgan fingerprint density at radius 3 is 0.745 bits per heavy atom. The maximum atomic E-state index is 16.5. The van der Waals surface area contributed by atoms with E-state index in [1.807, 2.05) is 30.3 Å². The van der Waals surface area contributed by atoms with Crippen LogP contribution in [0.4, 0.5) is 87.8 Å². The van der Waals surface area contributed by atoms with Crippen LogP contribution in [0.3, 0.4) is 0 Å². The minimum absolute atomic E-state index is 0.0154. The Hall–Kier alpha value is -9.82. The van der Waals surface area contributed by atoms with Gasteiger partial charge in [-0.3, -0.25) is 4.79 Å². The summed E-state index contributed by atoms with van der Waals surface area (Å²) in [5, 5.41) is -1.04. The van der Waals surface area contributed by atoms with Gasteiger partial charge in [-0.1, -0.05) is 182 Å². The van der Waals surface area contributed by atoms with Crippen LogP contribution < -0.4 is 21.9 Å². The van der Waals surface area contributed by atoms with Crippen LogP contribution in [0.25, 0.3) is 18.2 Å². The maximum Gasteiger partial charge on any atom is 0.215 e. The third-order valence-corrected chi connectivity index (χ3v) is 23.7. The van der Waals surface area contributed by atoms with Gasteiger partial charge in [-0.15, -0.1) is 21.9 Å². The zero-order chi connectivity index (χ0) is 67.2. The Bertz CT molecular complexity index is 4280.